The minimum atomic E-state index is 0.309. The van der Waals surface area contributed by atoms with Crippen LogP contribution in [-0.2, 0) is 4.74 Å². The second-order valence-electron chi connectivity index (χ2n) is 2.46. The molecule has 2 radical (unpaired) electrons. The molecule has 0 saturated carbocycles. The topological polar surface area (TPSA) is 33.1 Å². The van der Waals surface area contributed by atoms with Crippen LogP contribution in [0.25, 0.3) is 0 Å². The Morgan fingerprint density at radius 3 is 2.85 bits per heavy atom. The van der Waals surface area contributed by atoms with E-state index in [4.69, 9.17) is 24.4 Å². The maximum atomic E-state index is 7.55. The third kappa shape index (κ3) is 1.73. The molecular weight excluding hydrogens is 161 g/mol. The third-order valence-corrected chi connectivity index (χ3v) is 1.66. The Morgan fingerprint density at radius 1 is 1.62 bits per heavy atom. The van der Waals surface area contributed by atoms with E-state index >= 15 is 0 Å². The number of methoxy groups -OCH3 is 1. The second-order valence-corrected chi connectivity index (χ2v) is 2.46. The third-order valence-electron chi connectivity index (χ3n) is 1.66. The summed E-state index contributed by atoms with van der Waals surface area (Å²) in [6, 6.07) is 0. The van der Waals surface area contributed by atoms with Crippen molar-refractivity contribution in [2.75, 3.05) is 7.11 Å². The quantitative estimate of drug-likeness (QED) is 0.463. The lowest BCUT2D eigenvalue weighted by Crippen LogP contribution is -2.09. The maximum Gasteiger partial charge on any atom is 0.121 e. The molecular formula is C10H8BNO. The zero-order chi connectivity index (χ0) is 9.84. The fourth-order valence-electron chi connectivity index (χ4n) is 1.07. The van der Waals surface area contributed by atoms with Crippen molar-refractivity contribution in [3.63, 3.8) is 0 Å². The van der Waals surface area contributed by atoms with Gasteiger partial charge in [-0.15, -0.1) is 6.42 Å². The van der Waals surface area contributed by atoms with Crippen LogP contribution in [-0.4, -0.2) is 20.7 Å². The molecule has 0 heterocycles. The Kier molecular flexibility index (Phi) is 2.76. The number of nitrogens with one attached hydrogen (secondary N) is 1. The molecule has 62 valence electrons. The largest absolute Gasteiger partial charge is 0.497 e. The predicted molar refractivity (Wildman–Crippen MR) is 53.6 cm³/mol. The summed E-state index contributed by atoms with van der Waals surface area (Å²) in [7, 11) is 7.13. The van der Waals surface area contributed by atoms with Crippen LogP contribution in [0.15, 0.2) is 35.0 Å². The van der Waals surface area contributed by atoms with Crippen molar-refractivity contribution >= 4 is 13.6 Å². The zero-order valence-electron chi connectivity index (χ0n) is 7.29. The molecule has 1 N–H and O–H groups in total. The average Bonchev–Trinajstić information content (AvgIpc) is 2.12. The zero-order valence-corrected chi connectivity index (χ0v) is 7.29. The molecule has 0 bridgehead atoms. The molecule has 1 aliphatic rings. The summed E-state index contributed by atoms with van der Waals surface area (Å²) in [5.41, 5.74) is 1.34. The van der Waals surface area contributed by atoms with Crippen molar-refractivity contribution in [3.05, 3.63) is 35.0 Å². The van der Waals surface area contributed by atoms with E-state index in [-0.39, 0.29) is 0 Å². The Hall–Kier alpha value is -1.69. The number of hydrogen-bond donors (Lipinski definition) is 1. The highest BCUT2D eigenvalue weighted by molar-refractivity contribution is 6.27. The Morgan fingerprint density at radius 2 is 2.31 bits per heavy atom. The molecule has 2 nitrogen and oxygen atoms in total. The van der Waals surface area contributed by atoms with Gasteiger partial charge in [-0.1, -0.05) is 17.5 Å². The van der Waals surface area contributed by atoms with Gasteiger partial charge in [0.05, 0.1) is 12.8 Å². The Bertz CT molecular complexity index is 369. The lowest BCUT2D eigenvalue weighted by molar-refractivity contribution is 0.302. The van der Waals surface area contributed by atoms with E-state index in [1.54, 1.807) is 12.2 Å². The van der Waals surface area contributed by atoms with Gasteiger partial charge in [0, 0.05) is 11.6 Å². The van der Waals surface area contributed by atoms with Gasteiger partial charge in [0.25, 0.3) is 0 Å². The predicted octanol–water partition coefficient (Wildman–Crippen LogP) is 1.16. The molecule has 0 aromatic rings. The van der Waals surface area contributed by atoms with E-state index in [2.05, 4.69) is 5.92 Å². The van der Waals surface area contributed by atoms with Gasteiger partial charge in [-0.25, -0.2) is 0 Å². The van der Waals surface area contributed by atoms with E-state index in [1.165, 1.54) is 13.2 Å². The van der Waals surface area contributed by atoms with Gasteiger partial charge >= 0.3 is 0 Å². The number of hydrogen-bond acceptors (Lipinski definition) is 2. The van der Waals surface area contributed by atoms with Crippen molar-refractivity contribution in [2.24, 2.45) is 0 Å². The minimum Gasteiger partial charge on any atom is -0.497 e. The van der Waals surface area contributed by atoms with Crippen molar-refractivity contribution in [1.82, 2.24) is 0 Å². The molecule has 0 unspecified atom stereocenters. The summed E-state index contributed by atoms with van der Waals surface area (Å²) in [5.74, 6) is 2.81. The summed E-state index contributed by atoms with van der Waals surface area (Å²) in [4.78, 5) is 0. The first-order valence-electron chi connectivity index (χ1n) is 3.68. The standard InChI is InChI=1S/C10H8BNO/c1-3-4-7-9(12)6-5-8(11)10(7)13-2/h1,4-6,12H,2H3/b7-4+,12-9?. The maximum absolute atomic E-state index is 7.55. The van der Waals surface area contributed by atoms with Gasteiger partial charge in [-0.2, -0.15) is 0 Å². The first-order valence-corrected chi connectivity index (χ1v) is 3.68. The number of ether oxygens (including phenoxy) is 1. The molecule has 0 fully saturated rings. The fraction of sp³-hybridized carbons (Fsp3) is 0.100. The van der Waals surface area contributed by atoms with E-state index in [9.17, 15) is 0 Å². The van der Waals surface area contributed by atoms with Crippen LogP contribution < -0.4 is 0 Å². The monoisotopic (exact) mass is 169 g/mol. The van der Waals surface area contributed by atoms with Gasteiger partial charge in [0.2, 0.25) is 0 Å². The van der Waals surface area contributed by atoms with E-state index in [0.717, 1.165) is 0 Å². The SMILES string of the molecule is [B]C1=C(OC)/C(=C/C#C)C(=N)C=C1. The number of terminal acetylenes is 1. The van der Waals surface area contributed by atoms with Crippen molar-refractivity contribution < 1.29 is 4.74 Å². The van der Waals surface area contributed by atoms with Crippen molar-refractivity contribution in [1.29, 1.82) is 5.41 Å². The van der Waals surface area contributed by atoms with Crippen LogP contribution in [0.3, 0.4) is 0 Å². The first kappa shape index (κ1) is 9.40. The summed E-state index contributed by atoms with van der Waals surface area (Å²) < 4.78 is 5.04. The summed E-state index contributed by atoms with van der Waals surface area (Å²) in [6.45, 7) is 0. The van der Waals surface area contributed by atoms with Crippen LogP contribution in [0.1, 0.15) is 0 Å². The molecule has 0 amide bonds. The first-order chi connectivity index (χ1) is 6.20. The molecule has 0 atom stereocenters. The lowest BCUT2D eigenvalue weighted by Gasteiger charge is -2.15. The minimum absolute atomic E-state index is 0.309. The summed E-state index contributed by atoms with van der Waals surface area (Å²) >= 11 is 0. The Balaban J connectivity index is 3.22. The molecule has 3 heteroatoms. The molecule has 0 spiro atoms. The molecule has 0 aromatic heterocycles. The van der Waals surface area contributed by atoms with E-state index < -0.39 is 0 Å². The Labute approximate surface area is 78.9 Å². The molecule has 0 aliphatic heterocycles. The fourth-order valence-corrected chi connectivity index (χ4v) is 1.07. The normalized spacial score (nSPS) is 19.1. The molecule has 0 saturated heterocycles. The number of allylic oxidation sites excluding steroid dienone is 5. The summed E-state index contributed by atoms with van der Waals surface area (Å²) in [6.07, 6.45) is 9.79. The van der Waals surface area contributed by atoms with Gasteiger partial charge in [-0.05, 0) is 6.08 Å². The molecule has 0 aromatic carbocycles. The molecule has 1 aliphatic carbocycles. The van der Waals surface area contributed by atoms with Gasteiger partial charge in [0.1, 0.15) is 13.6 Å². The van der Waals surface area contributed by atoms with E-state index in [0.29, 0.717) is 22.5 Å². The van der Waals surface area contributed by atoms with Crippen LogP contribution in [0.2, 0.25) is 0 Å². The average molecular weight is 169 g/mol. The highest BCUT2D eigenvalue weighted by Crippen LogP contribution is 2.20. The highest BCUT2D eigenvalue weighted by atomic mass is 16.5. The van der Waals surface area contributed by atoms with Crippen molar-refractivity contribution in [3.8, 4) is 12.3 Å². The molecule has 1 rings (SSSR count). The second kappa shape index (κ2) is 3.82. The van der Waals surface area contributed by atoms with Crippen molar-refractivity contribution in [2.45, 2.75) is 0 Å². The van der Waals surface area contributed by atoms with Gasteiger partial charge < -0.3 is 10.1 Å². The van der Waals surface area contributed by atoms with Crippen LogP contribution in [0.5, 0.6) is 0 Å². The van der Waals surface area contributed by atoms with Crippen LogP contribution in [0, 0.1) is 17.8 Å². The van der Waals surface area contributed by atoms with Gasteiger partial charge in [0.15, 0.2) is 0 Å². The smallest absolute Gasteiger partial charge is 0.121 e. The van der Waals surface area contributed by atoms with E-state index in [1.807, 2.05) is 0 Å². The van der Waals surface area contributed by atoms with Crippen LogP contribution >= 0.6 is 0 Å². The van der Waals surface area contributed by atoms with Crippen LogP contribution in [0.4, 0.5) is 0 Å². The van der Waals surface area contributed by atoms with Gasteiger partial charge in [-0.3, -0.25) is 0 Å². The summed E-state index contributed by atoms with van der Waals surface area (Å²) in [5, 5.41) is 7.55. The lowest BCUT2D eigenvalue weighted by atomic mass is 9.86. The number of rotatable bonds is 1. The molecule has 13 heavy (non-hydrogen) atoms. The highest BCUT2D eigenvalue weighted by Gasteiger charge is 2.14.